The van der Waals surface area contributed by atoms with Crippen molar-refractivity contribution < 1.29 is 27.9 Å². The monoisotopic (exact) mass is 261 g/mol. The molecule has 0 heterocycles. The molecule has 0 aromatic heterocycles. The topological polar surface area (TPSA) is 57.6 Å². The number of aliphatic carboxylic acids is 1. The van der Waals surface area contributed by atoms with E-state index in [0.717, 1.165) is 6.92 Å². The Hall–Kier alpha value is -2.05. The Morgan fingerprint density at radius 3 is 2.11 bits per heavy atom. The van der Waals surface area contributed by atoms with Crippen LogP contribution in [-0.4, -0.2) is 29.2 Å². The molecule has 0 saturated heterocycles. The minimum absolute atomic E-state index is 0.116. The van der Waals surface area contributed by atoms with Crippen molar-refractivity contribution in [1.82, 2.24) is 0 Å². The van der Waals surface area contributed by atoms with Crippen LogP contribution in [0.3, 0.4) is 0 Å². The van der Waals surface area contributed by atoms with Gasteiger partial charge in [-0.15, -0.1) is 0 Å². The second kappa shape index (κ2) is 5.07. The van der Waals surface area contributed by atoms with Gasteiger partial charge >= 0.3 is 18.1 Å². The zero-order valence-corrected chi connectivity index (χ0v) is 9.31. The highest BCUT2D eigenvalue weighted by Gasteiger charge is 2.45. The Labute approximate surface area is 101 Å². The lowest BCUT2D eigenvalue weighted by atomic mass is 10.2. The van der Waals surface area contributed by atoms with Crippen molar-refractivity contribution in [3.63, 3.8) is 0 Å². The minimum atomic E-state index is -5.13. The second-order valence-electron chi connectivity index (χ2n) is 3.52. The Bertz CT molecular complexity index is 445. The first-order valence-electron chi connectivity index (χ1n) is 4.93. The van der Waals surface area contributed by atoms with E-state index in [0.29, 0.717) is 0 Å². The number of carbonyl (C=O) groups is 2. The van der Waals surface area contributed by atoms with E-state index >= 15 is 0 Å². The molecule has 18 heavy (non-hydrogen) atoms. The number of para-hydroxylation sites is 1. The van der Waals surface area contributed by atoms with Crippen molar-refractivity contribution in [2.45, 2.75) is 19.1 Å². The van der Waals surface area contributed by atoms with E-state index in [1.54, 1.807) is 6.07 Å². The highest BCUT2D eigenvalue weighted by atomic mass is 19.4. The Morgan fingerprint density at radius 1 is 1.22 bits per heavy atom. The van der Waals surface area contributed by atoms with E-state index in [1.807, 2.05) is 0 Å². The number of halogens is 3. The number of carbonyl (C=O) groups excluding carboxylic acids is 1. The van der Waals surface area contributed by atoms with Gasteiger partial charge in [0.05, 0.1) is 0 Å². The second-order valence-corrected chi connectivity index (χ2v) is 3.52. The fraction of sp³-hybridized carbons (Fsp3) is 0.273. The summed E-state index contributed by atoms with van der Waals surface area (Å²) in [4.78, 5) is 22.2. The van der Waals surface area contributed by atoms with Gasteiger partial charge in [-0.2, -0.15) is 13.2 Å². The summed E-state index contributed by atoms with van der Waals surface area (Å²) < 4.78 is 37.3. The van der Waals surface area contributed by atoms with Gasteiger partial charge in [0.2, 0.25) is 0 Å². The van der Waals surface area contributed by atoms with E-state index in [2.05, 4.69) is 0 Å². The quantitative estimate of drug-likeness (QED) is 0.906. The molecule has 1 amide bonds. The predicted octanol–water partition coefficient (Wildman–Crippen LogP) is 2.05. The van der Waals surface area contributed by atoms with Crippen LogP contribution in [0.25, 0.3) is 0 Å². The summed E-state index contributed by atoms with van der Waals surface area (Å²) in [6, 6.07) is 5.25. The lowest BCUT2D eigenvalue weighted by molar-refractivity contribution is -0.171. The van der Waals surface area contributed by atoms with Crippen molar-refractivity contribution in [2.75, 3.05) is 4.90 Å². The summed E-state index contributed by atoms with van der Waals surface area (Å²) in [6.45, 7) is 1.01. The maximum atomic E-state index is 12.4. The number of alkyl halides is 3. The molecule has 0 saturated carbocycles. The average molecular weight is 261 g/mol. The normalized spacial score (nSPS) is 12.9. The summed E-state index contributed by atoms with van der Waals surface area (Å²) in [5.74, 6) is -3.72. The van der Waals surface area contributed by atoms with Crippen LogP contribution < -0.4 is 4.90 Å². The zero-order valence-electron chi connectivity index (χ0n) is 9.31. The largest absolute Gasteiger partial charge is 0.480 e. The van der Waals surface area contributed by atoms with E-state index in [-0.39, 0.29) is 10.6 Å². The van der Waals surface area contributed by atoms with Gasteiger partial charge in [0.1, 0.15) is 6.04 Å². The van der Waals surface area contributed by atoms with E-state index in [4.69, 9.17) is 5.11 Å². The van der Waals surface area contributed by atoms with Crippen molar-refractivity contribution in [2.24, 2.45) is 0 Å². The molecule has 0 aliphatic heterocycles. The third kappa shape index (κ3) is 2.99. The van der Waals surface area contributed by atoms with Crippen molar-refractivity contribution in [3.8, 4) is 0 Å². The van der Waals surface area contributed by atoms with Crippen molar-refractivity contribution in [1.29, 1.82) is 0 Å². The molecule has 98 valence electrons. The molecule has 0 fully saturated rings. The van der Waals surface area contributed by atoms with Gasteiger partial charge in [-0.3, -0.25) is 9.69 Å². The molecule has 1 atom stereocenters. The number of carboxylic acid groups (broad SMARTS) is 1. The van der Waals surface area contributed by atoms with Crippen LogP contribution in [0.15, 0.2) is 30.3 Å². The number of amides is 1. The summed E-state index contributed by atoms with van der Waals surface area (Å²) >= 11 is 0. The summed E-state index contributed by atoms with van der Waals surface area (Å²) in [7, 11) is 0. The molecule has 4 nitrogen and oxygen atoms in total. The number of hydrogen-bond acceptors (Lipinski definition) is 2. The Kier molecular flexibility index (Phi) is 3.95. The molecule has 7 heteroatoms. The Morgan fingerprint density at radius 2 is 1.72 bits per heavy atom. The van der Waals surface area contributed by atoms with E-state index in [1.165, 1.54) is 24.3 Å². The fourth-order valence-corrected chi connectivity index (χ4v) is 1.35. The summed E-state index contributed by atoms with van der Waals surface area (Å²) in [5.41, 5.74) is -0.116. The van der Waals surface area contributed by atoms with Crippen LogP contribution in [0, 0.1) is 0 Å². The molecule has 0 aliphatic carbocycles. The maximum absolute atomic E-state index is 12.4. The van der Waals surface area contributed by atoms with Crippen LogP contribution in [0.1, 0.15) is 6.92 Å². The standard InChI is InChI=1S/C11H10F3NO3/c1-7(9(16)17)15(10(18)11(12,13)14)8-5-3-2-4-6-8/h2-7H,1H3,(H,16,17). The molecule has 1 N–H and O–H groups in total. The summed E-state index contributed by atoms with van der Waals surface area (Å²) in [5, 5.41) is 8.77. The highest BCUT2D eigenvalue weighted by Crippen LogP contribution is 2.25. The van der Waals surface area contributed by atoms with Crippen LogP contribution in [0.2, 0.25) is 0 Å². The zero-order chi connectivity index (χ0) is 13.9. The SMILES string of the molecule is CC(C(=O)O)N(C(=O)C(F)(F)F)c1ccccc1. The van der Waals surface area contributed by atoms with Crippen LogP contribution >= 0.6 is 0 Å². The molecule has 1 aromatic rings. The van der Waals surface area contributed by atoms with Crippen molar-refractivity contribution >= 4 is 17.6 Å². The molecule has 0 spiro atoms. The van der Waals surface area contributed by atoms with Gasteiger partial charge in [-0.1, -0.05) is 18.2 Å². The lowest BCUT2D eigenvalue weighted by Crippen LogP contribution is -2.49. The first-order chi connectivity index (χ1) is 8.25. The summed E-state index contributed by atoms with van der Waals surface area (Å²) in [6.07, 6.45) is -5.13. The van der Waals surface area contributed by atoms with Gasteiger partial charge in [0, 0.05) is 5.69 Å². The van der Waals surface area contributed by atoms with Gasteiger partial charge in [-0.25, -0.2) is 4.79 Å². The smallest absolute Gasteiger partial charge is 0.471 e. The number of nitrogens with zero attached hydrogens (tertiary/aromatic N) is 1. The van der Waals surface area contributed by atoms with Crippen molar-refractivity contribution in [3.05, 3.63) is 30.3 Å². The average Bonchev–Trinajstić information content (AvgIpc) is 2.29. The molecule has 1 unspecified atom stereocenters. The fourth-order valence-electron chi connectivity index (χ4n) is 1.35. The lowest BCUT2D eigenvalue weighted by Gasteiger charge is -2.27. The molecule has 0 radical (unpaired) electrons. The number of hydrogen-bond donors (Lipinski definition) is 1. The van der Waals surface area contributed by atoms with Crippen LogP contribution in [0.5, 0.6) is 0 Å². The first kappa shape index (κ1) is 14.0. The van der Waals surface area contributed by atoms with Gasteiger partial charge in [0.25, 0.3) is 0 Å². The van der Waals surface area contributed by atoms with E-state index < -0.39 is 24.1 Å². The molecular formula is C11H10F3NO3. The van der Waals surface area contributed by atoms with Gasteiger partial charge in [-0.05, 0) is 19.1 Å². The molecule has 0 aliphatic rings. The van der Waals surface area contributed by atoms with Gasteiger partial charge in [0.15, 0.2) is 0 Å². The molecule has 0 bridgehead atoms. The predicted molar refractivity (Wildman–Crippen MR) is 57.1 cm³/mol. The van der Waals surface area contributed by atoms with Crippen LogP contribution in [0.4, 0.5) is 18.9 Å². The Balaban J connectivity index is 3.20. The number of anilines is 1. The van der Waals surface area contributed by atoms with E-state index in [9.17, 15) is 22.8 Å². The number of carboxylic acids is 1. The maximum Gasteiger partial charge on any atom is 0.471 e. The first-order valence-corrected chi connectivity index (χ1v) is 4.93. The molecular weight excluding hydrogens is 251 g/mol. The van der Waals surface area contributed by atoms with Gasteiger partial charge < -0.3 is 5.11 Å². The number of benzene rings is 1. The number of rotatable bonds is 3. The van der Waals surface area contributed by atoms with Crippen LogP contribution in [-0.2, 0) is 9.59 Å². The molecule has 1 aromatic carbocycles. The minimum Gasteiger partial charge on any atom is -0.480 e. The highest BCUT2D eigenvalue weighted by molar-refractivity contribution is 6.01. The third-order valence-electron chi connectivity index (χ3n) is 2.24. The third-order valence-corrected chi connectivity index (χ3v) is 2.24. The molecule has 1 rings (SSSR count).